The summed E-state index contributed by atoms with van der Waals surface area (Å²) in [5.74, 6) is 0.472. The van der Waals surface area contributed by atoms with E-state index in [1.165, 1.54) is 0 Å². The van der Waals surface area contributed by atoms with Crippen LogP contribution in [0.25, 0.3) is 0 Å². The zero-order chi connectivity index (χ0) is 6.57. The number of methoxy groups -OCH3 is 1. The van der Waals surface area contributed by atoms with Gasteiger partial charge in [-0.25, -0.2) is 0 Å². The molecule has 3 heteroatoms. The third-order valence-electron chi connectivity index (χ3n) is 1.33. The zero-order valence-corrected chi connectivity index (χ0v) is 7.07. The molecule has 0 aliphatic rings. The fraction of sp³-hybridized carbons (Fsp3) is 1.00. The second-order valence-electron chi connectivity index (χ2n) is 2.29. The Bertz CT molecular complexity index is 59.0. The van der Waals surface area contributed by atoms with Gasteiger partial charge in [0.05, 0.1) is 6.61 Å². The minimum atomic E-state index is 0. The molecule has 0 rings (SSSR count). The fourth-order valence-corrected chi connectivity index (χ4v) is 0.415. The molecule has 2 atom stereocenters. The summed E-state index contributed by atoms with van der Waals surface area (Å²) in [6.45, 7) is 4.83. The van der Waals surface area contributed by atoms with E-state index in [-0.39, 0.29) is 18.4 Å². The Morgan fingerprint density at radius 3 is 2.00 bits per heavy atom. The molecule has 0 aromatic carbocycles. The van der Waals surface area contributed by atoms with Gasteiger partial charge >= 0.3 is 0 Å². The summed E-state index contributed by atoms with van der Waals surface area (Å²) in [7, 11) is 1.69. The maximum Gasteiger partial charge on any atom is 0.0502 e. The summed E-state index contributed by atoms with van der Waals surface area (Å²) in [6.07, 6.45) is 0. The molecule has 0 radical (unpaired) electrons. The Kier molecular flexibility index (Phi) is 8.40. The quantitative estimate of drug-likeness (QED) is 0.658. The molecule has 2 N–H and O–H groups in total. The van der Waals surface area contributed by atoms with Gasteiger partial charge in [-0.05, 0) is 12.8 Å². The van der Waals surface area contributed by atoms with Crippen molar-refractivity contribution in [3.05, 3.63) is 0 Å². The number of hydrogen-bond acceptors (Lipinski definition) is 2. The Balaban J connectivity index is 0. The van der Waals surface area contributed by atoms with Crippen LogP contribution in [0.15, 0.2) is 0 Å². The standard InChI is InChI=1S/C6H15NO.ClH/c1-5(4-8-3)6(2)7;/h5-6H,4,7H2,1-3H3;1H. The molecule has 0 aliphatic heterocycles. The van der Waals surface area contributed by atoms with Crippen LogP contribution in [0.4, 0.5) is 0 Å². The van der Waals surface area contributed by atoms with E-state index in [1.807, 2.05) is 6.92 Å². The third-order valence-corrected chi connectivity index (χ3v) is 1.33. The highest BCUT2D eigenvalue weighted by Gasteiger charge is 2.04. The van der Waals surface area contributed by atoms with E-state index in [0.29, 0.717) is 5.92 Å². The van der Waals surface area contributed by atoms with Crippen LogP contribution < -0.4 is 5.73 Å². The van der Waals surface area contributed by atoms with Crippen LogP contribution in [0.2, 0.25) is 0 Å². The second kappa shape index (κ2) is 6.33. The molecule has 58 valence electrons. The van der Waals surface area contributed by atoms with E-state index in [9.17, 15) is 0 Å². The predicted molar refractivity (Wildman–Crippen MR) is 41.9 cm³/mol. The molecular weight excluding hydrogens is 138 g/mol. The van der Waals surface area contributed by atoms with Crippen molar-refractivity contribution in [3.8, 4) is 0 Å². The Labute approximate surface area is 63.2 Å². The molecular formula is C6H16ClNO. The molecule has 0 spiro atoms. The summed E-state index contributed by atoms with van der Waals surface area (Å²) in [6, 6.07) is 0.245. The largest absolute Gasteiger partial charge is 0.384 e. The summed E-state index contributed by atoms with van der Waals surface area (Å²) in [4.78, 5) is 0. The molecule has 0 fully saturated rings. The van der Waals surface area contributed by atoms with Crippen LogP contribution in [0.3, 0.4) is 0 Å². The van der Waals surface area contributed by atoms with E-state index in [2.05, 4.69) is 6.92 Å². The lowest BCUT2D eigenvalue weighted by atomic mass is 10.1. The van der Waals surface area contributed by atoms with Crippen LogP contribution >= 0.6 is 12.4 Å². The molecule has 0 saturated carbocycles. The minimum Gasteiger partial charge on any atom is -0.384 e. The lowest BCUT2D eigenvalue weighted by Crippen LogP contribution is -2.27. The number of rotatable bonds is 3. The van der Waals surface area contributed by atoms with Crippen molar-refractivity contribution in [2.75, 3.05) is 13.7 Å². The first kappa shape index (κ1) is 11.9. The fourth-order valence-electron chi connectivity index (χ4n) is 0.415. The van der Waals surface area contributed by atoms with E-state index in [1.54, 1.807) is 7.11 Å². The third kappa shape index (κ3) is 6.09. The van der Waals surface area contributed by atoms with Gasteiger partial charge in [0.15, 0.2) is 0 Å². The molecule has 9 heavy (non-hydrogen) atoms. The van der Waals surface area contributed by atoms with Crippen LogP contribution in [0.1, 0.15) is 13.8 Å². The van der Waals surface area contributed by atoms with Gasteiger partial charge in [0, 0.05) is 13.2 Å². The van der Waals surface area contributed by atoms with Crippen LogP contribution in [0, 0.1) is 5.92 Å². The smallest absolute Gasteiger partial charge is 0.0502 e. The van der Waals surface area contributed by atoms with Gasteiger partial charge in [0.1, 0.15) is 0 Å². The summed E-state index contributed by atoms with van der Waals surface area (Å²) in [5.41, 5.74) is 5.54. The Morgan fingerprint density at radius 2 is 1.89 bits per heavy atom. The molecule has 0 amide bonds. The molecule has 2 unspecified atom stereocenters. The van der Waals surface area contributed by atoms with Gasteiger partial charge < -0.3 is 10.5 Å². The molecule has 0 aromatic rings. The van der Waals surface area contributed by atoms with Crippen molar-refractivity contribution in [1.29, 1.82) is 0 Å². The van der Waals surface area contributed by atoms with Crippen molar-refractivity contribution in [3.63, 3.8) is 0 Å². The van der Waals surface area contributed by atoms with E-state index < -0.39 is 0 Å². The highest BCUT2D eigenvalue weighted by Crippen LogP contribution is 1.97. The first-order chi connectivity index (χ1) is 3.68. The Hall–Kier alpha value is 0.210. The topological polar surface area (TPSA) is 35.2 Å². The molecule has 0 heterocycles. The number of ether oxygens (including phenoxy) is 1. The van der Waals surface area contributed by atoms with Gasteiger partial charge in [-0.1, -0.05) is 6.92 Å². The van der Waals surface area contributed by atoms with Gasteiger partial charge in [0.25, 0.3) is 0 Å². The van der Waals surface area contributed by atoms with Crippen molar-refractivity contribution in [2.45, 2.75) is 19.9 Å². The predicted octanol–water partition coefficient (Wildman–Crippen LogP) is 1.04. The lowest BCUT2D eigenvalue weighted by Gasteiger charge is -2.12. The van der Waals surface area contributed by atoms with Gasteiger partial charge in [-0.15, -0.1) is 12.4 Å². The SMILES string of the molecule is COCC(C)C(C)N.Cl. The van der Waals surface area contributed by atoms with Crippen molar-refractivity contribution < 1.29 is 4.74 Å². The van der Waals surface area contributed by atoms with Gasteiger partial charge in [-0.2, -0.15) is 0 Å². The first-order valence-corrected chi connectivity index (χ1v) is 2.93. The summed E-state index contributed by atoms with van der Waals surface area (Å²) < 4.78 is 4.88. The summed E-state index contributed by atoms with van der Waals surface area (Å²) >= 11 is 0. The van der Waals surface area contributed by atoms with Crippen LogP contribution in [0.5, 0.6) is 0 Å². The highest BCUT2D eigenvalue weighted by atomic mass is 35.5. The molecule has 0 aliphatic carbocycles. The van der Waals surface area contributed by atoms with E-state index in [0.717, 1.165) is 6.61 Å². The van der Waals surface area contributed by atoms with Gasteiger partial charge in [0.2, 0.25) is 0 Å². The number of halogens is 1. The molecule has 2 nitrogen and oxygen atoms in total. The normalized spacial score (nSPS) is 16.0. The summed E-state index contributed by atoms with van der Waals surface area (Å²) in [5, 5.41) is 0. The molecule has 0 aromatic heterocycles. The molecule has 0 saturated heterocycles. The van der Waals surface area contributed by atoms with Crippen LogP contribution in [-0.2, 0) is 4.74 Å². The van der Waals surface area contributed by atoms with Crippen molar-refractivity contribution >= 4 is 12.4 Å². The zero-order valence-electron chi connectivity index (χ0n) is 6.26. The van der Waals surface area contributed by atoms with E-state index >= 15 is 0 Å². The van der Waals surface area contributed by atoms with Crippen LogP contribution in [-0.4, -0.2) is 19.8 Å². The first-order valence-electron chi connectivity index (χ1n) is 2.93. The van der Waals surface area contributed by atoms with Crippen molar-refractivity contribution in [2.24, 2.45) is 11.7 Å². The lowest BCUT2D eigenvalue weighted by molar-refractivity contribution is 0.150. The maximum atomic E-state index is 5.54. The maximum absolute atomic E-state index is 5.54. The number of hydrogen-bond donors (Lipinski definition) is 1. The second-order valence-corrected chi connectivity index (χ2v) is 2.29. The highest BCUT2D eigenvalue weighted by molar-refractivity contribution is 5.85. The molecule has 0 bridgehead atoms. The average Bonchev–Trinajstić information content (AvgIpc) is 1.67. The van der Waals surface area contributed by atoms with Crippen molar-refractivity contribution in [1.82, 2.24) is 0 Å². The van der Waals surface area contributed by atoms with Gasteiger partial charge in [-0.3, -0.25) is 0 Å². The van der Waals surface area contributed by atoms with E-state index in [4.69, 9.17) is 10.5 Å². The minimum absolute atomic E-state index is 0. The Morgan fingerprint density at radius 1 is 1.44 bits per heavy atom. The number of nitrogens with two attached hydrogens (primary N) is 1. The monoisotopic (exact) mass is 153 g/mol. The average molecular weight is 154 g/mol.